The van der Waals surface area contributed by atoms with Gasteiger partial charge in [-0.15, -0.1) is 0 Å². The lowest BCUT2D eigenvalue weighted by Gasteiger charge is -2.06. The Balaban J connectivity index is 1.72. The van der Waals surface area contributed by atoms with E-state index >= 15 is 0 Å². The number of halogens is 1. The Bertz CT molecular complexity index is 704. The van der Waals surface area contributed by atoms with Gasteiger partial charge in [-0.25, -0.2) is 14.0 Å². The number of esters is 2. The first-order valence-electron chi connectivity index (χ1n) is 6.80. The predicted molar refractivity (Wildman–Crippen MR) is 73.5 cm³/mol. The lowest BCUT2D eigenvalue weighted by molar-refractivity contribution is -0.147. The Kier molecular flexibility index (Phi) is 3.66. The topological polar surface area (TPSA) is 65.7 Å². The fourth-order valence-electron chi connectivity index (χ4n) is 2.22. The number of benzene rings is 1. The number of carbonyl (C=O) groups is 2. The van der Waals surface area contributed by atoms with Crippen LogP contribution in [0.4, 0.5) is 4.39 Å². The van der Waals surface area contributed by atoms with Crippen LogP contribution in [0.2, 0.25) is 0 Å². The molecule has 1 aliphatic heterocycles. The van der Waals surface area contributed by atoms with E-state index in [2.05, 4.69) is 0 Å². The number of cyclic esters (lactones) is 1. The highest BCUT2D eigenvalue weighted by molar-refractivity contribution is 5.90. The first-order valence-corrected chi connectivity index (χ1v) is 6.80. The summed E-state index contributed by atoms with van der Waals surface area (Å²) in [6.45, 7) is 1.73. The van der Waals surface area contributed by atoms with E-state index in [0.717, 1.165) is 0 Å². The number of furan rings is 1. The van der Waals surface area contributed by atoms with Crippen LogP contribution in [0.3, 0.4) is 0 Å². The fraction of sp³-hybridized carbons (Fsp3) is 0.250. The van der Waals surface area contributed by atoms with Crippen molar-refractivity contribution < 1.29 is 27.9 Å². The molecule has 0 aliphatic carbocycles. The van der Waals surface area contributed by atoms with E-state index in [1.165, 1.54) is 18.2 Å². The molecule has 2 atom stereocenters. The monoisotopic (exact) mass is 304 g/mol. The van der Waals surface area contributed by atoms with Gasteiger partial charge >= 0.3 is 11.9 Å². The molecule has 0 N–H and O–H groups in total. The maximum atomic E-state index is 12.9. The summed E-state index contributed by atoms with van der Waals surface area (Å²) in [4.78, 5) is 23.4. The summed E-state index contributed by atoms with van der Waals surface area (Å²) in [5.74, 6) is -1.25. The van der Waals surface area contributed by atoms with Gasteiger partial charge in [-0.3, -0.25) is 0 Å². The van der Waals surface area contributed by atoms with Crippen LogP contribution in [-0.2, 0) is 14.3 Å². The van der Waals surface area contributed by atoms with Gasteiger partial charge in [0.2, 0.25) is 11.9 Å². The standard InChI is InChI=1S/C16H13FO5/c1-9-8-14(16(19)20-9)22-15(18)13-7-6-12(21-13)10-2-4-11(17)5-3-10/h2-7,9,14H,8H2,1H3/t9-,14-/m1/s1. The van der Waals surface area contributed by atoms with Gasteiger partial charge in [-0.2, -0.15) is 0 Å². The molecule has 0 unspecified atom stereocenters. The lowest BCUT2D eigenvalue weighted by atomic mass is 10.2. The van der Waals surface area contributed by atoms with Crippen molar-refractivity contribution in [3.8, 4) is 11.3 Å². The molecule has 0 saturated carbocycles. The van der Waals surface area contributed by atoms with Gasteiger partial charge in [0.25, 0.3) is 0 Å². The molecule has 2 aromatic rings. The van der Waals surface area contributed by atoms with Crippen LogP contribution in [0.25, 0.3) is 11.3 Å². The van der Waals surface area contributed by atoms with Crippen LogP contribution in [0, 0.1) is 5.82 Å². The Morgan fingerprint density at radius 3 is 2.59 bits per heavy atom. The zero-order valence-electron chi connectivity index (χ0n) is 11.7. The van der Waals surface area contributed by atoms with Gasteiger partial charge in [0.1, 0.15) is 17.7 Å². The molecule has 0 spiro atoms. The largest absolute Gasteiger partial charge is 0.460 e. The Morgan fingerprint density at radius 2 is 1.95 bits per heavy atom. The van der Waals surface area contributed by atoms with E-state index in [-0.39, 0.29) is 17.7 Å². The highest BCUT2D eigenvalue weighted by Crippen LogP contribution is 2.24. The molecule has 0 amide bonds. The second kappa shape index (κ2) is 5.63. The van der Waals surface area contributed by atoms with E-state index in [9.17, 15) is 14.0 Å². The summed E-state index contributed by atoms with van der Waals surface area (Å²) in [6, 6.07) is 8.71. The van der Waals surface area contributed by atoms with Gasteiger partial charge in [0.15, 0.2) is 0 Å². The van der Waals surface area contributed by atoms with E-state index in [0.29, 0.717) is 17.7 Å². The average Bonchev–Trinajstić information content (AvgIpc) is 3.07. The SMILES string of the molecule is C[C@@H]1C[C@@H](OC(=O)c2ccc(-c3ccc(F)cc3)o2)C(=O)O1. The molecular formula is C16H13FO5. The molecule has 114 valence electrons. The molecule has 1 aliphatic rings. The molecule has 2 heterocycles. The maximum absolute atomic E-state index is 12.9. The third kappa shape index (κ3) is 2.86. The highest BCUT2D eigenvalue weighted by atomic mass is 19.1. The van der Waals surface area contributed by atoms with Gasteiger partial charge in [0, 0.05) is 12.0 Å². The van der Waals surface area contributed by atoms with Crippen LogP contribution in [0.15, 0.2) is 40.8 Å². The maximum Gasteiger partial charge on any atom is 0.375 e. The van der Waals surface area contributed by atoms with Crippen molar-refractivity contribution >= 4 is 11.9 Å². The van der Waals surface area contributed by atoms with Crippen molar-refractivity contribution in [2.24, 2.45) is 0 Å². The zero-order chi connectivity index (χ0) is 15.7. The van der Waals surface area contributed by atoms with E-state index < -0.39 is 18.0 Å². The Morgan fingerprint density at radius 1 is 1.23 bits per heavy atom. The van der Waals surface area contributed by atoms with Crippen molar-refractivity contribution in [2.75, 3.05) is 0 Å². The molecule has 3 rings (SSSR count). The molecule has 0 bridgehead atoms. The van der Waals surface area contributed by atoms with Crippen molar-refractivity contribution in [2.45, 2.75) is 25.6 Å². The summed E-state index contributed by atoms with van der Waals surface area (Å²) in [5.41, 5.74) is 0.634. The Hall–Kier alpha value is -2.63. The second-order valence-corrected chi connectivity index (χ2v) is 5.05. The molecule has 6 heteroatoms. The summed E-state index contributed by atoms with van der Waals surface area (Å²) < 4.78 is 28.3. The van der Waals surface area contributed by atoms with E-state index in [1.54, 1.807) is 25.1 Å². The smallest absolute Gasteiger partial charge is 0.375 e. The first kappa shape index (κ1) is 14.3. The third-order valence-corrected chi connectivity index (χ3v) is 3.31. The molecule has 1 fully saturated rings. The van der Waals surface area contributed by atoms with E-state index in [1.807, 2.05) is 0 Å². The molecule has 5 nitrogen and oxygen atoms in total. The average molecular weight is 304 g/mol. The van der Waals surface area contributed by atoms with Crippen molar-refractivity contribution in [3.05, 3.63) is 48.0 Å². The van der Waals surface area contributed by atoms with Crippen LogP contribution in [0.1, 0.15) is 23.9 Å². The van der Waals surface area contributed by atoms with Crippen molar-refractivity contribution in [3.63, 3.8) is 0 Å². The van der Waals surface area contributed by atoms with Crippen LogP contribution in [-0.4, -0.2) is 24.1 Å². The van der Waals surface area contributed by atoms with Crippen molar-refractivity contribution in [1.82, 2.24) is 0 Å². The second-order valence-electron chi connectivity index (χ2n) is 5.05. The molecule has 1 aromatic heterocycles. The molecule has 1 saturated heterocycles. The van der Waals surface area contributed by atoms with Crippen LogP contribution >= 0.6 is 0 Å². The highest BCUT2D eigenvalue weighted by Gasteiger charge is 2.35. The quantitative estimate of drug-likeness (QED) is 0.816. The first-order chi connectivity index (χ1) is 10.5. The van der Waals surface area contributed by atoms with Crippen molar-refractivity contribution in [1.29, 1.82) is 0 Å². The molecule has 0 radical (unpaired) electrons. The lowest BCUT2D eigenvalue weighted by Crippen LogP contribution is -2.22. The summed E-state index contributed by atoms with van der Waals surface area (Å²) in [5, 5.41) is 0. The van der Waals surface area contributed by atoms with Crippen LogP contribution in [0.5, 0.6) is 0 Å². The van der Waals surface area contributed by atoms with Gasteiger partial charge in [-0.05, 0) is 43.3 Å². The fourth-order valence-corrected chi connectivity index (χ4v) is 2.22. The summed E-state index contributed by atoms with van der Waals surface area (Å²) in [6.07, 6.45) is -0.839. The number of ether oxygens (including phenoxy) is 2. The van der Waals surface area contributed by atoms with Crippen LogP contribution < -0.4 is 0 Å². The molecule has 1 aromatic carbocycles. The third-order valence-electron chi connectivity index (χ3n) is 3.31. The minimum absolute atomic E-state index is 0.0216. The minimum atomic E-state index is -0.901. The number of hydrogen-bond acceptors (Lipinski definition) is 5. The van der Waals surface area contributed by atoms with E-state index in [4.69, 9.17) is 13.9 Å². The number of carbonyl (C=O) groups excluding carboxylic acids is 2. The minimum Gasteiger partial charge on any atom is -0.460 e. The number of rotatable bonds is 3. The summed E-state index contributed by atoms with van der Waals surface area (Å²) in [7, 11) is 0. The Labute approximate surface area is 125 Å². The zero-order valence-corrected chi connectivity index (χ0v) is 11.7. The predicted octanol–water partition coefficient (Wildman–Crippen LogP) is 2.95. The van der Waals surface area contributed by atoms with Gasteiger partial charge in [0.05, 0.1) is 0 Å². The normalized spacial score (nSPS) is 20.7. The number of hydrogen-bond donors (Lipinski definition) is 0. The van der Waals surface area contributed by atoms with Gasteiger partial charge < -0.3 is 13.9 Å². The molecular weight excluding hydrogens is 291 g/mol. The van der Waals surface area contributed by atoms with Gasteiger partial charge in [-0.1, -0.05) is 0 Å². The summed E-state index contributed by atoms with van der Waals surface area (Å²) >= 11 is 0. The molecule has 22 heavy (non-hydrogen) atoms.